The summed E-state index contributed by atoms with van der Waals surface area (Å²) in [5.74, 6) is -1.86. The number of anilines is 1. The van der Waals surface area contributed by atoms with Gasteiger partial charge in [0, 0.05) is 50.0 Å². The van der Waals surface area contributed by atoms with Crippen LogP contribution in [0.25, 0.3) is 0 Å². The van der Waals surface area contributed by atoms with Crippen molar-refractivity contribution in [3.05, 3.63) is 52.1 Å². The molecule has 1 heterocycles. The minimum Gasteiger partial charge on any atom is -0.493 e. The Morgan fingerprint density at radius 2 is 1.81 bits per heavy atom. The number of piperidine rings is 1. The van der Waals surface area contributed by atoms with Crippen molar-refractivity contribution >= 4 is 29.2 Å². The molecule has 3 rings (SSSR count). The fraction of sp³-hybridized carbons (Fsp3) is 0.480. The minimum atomic E-state index is -1.26. The average Bonchev–Trinajstić information content (AvgIpc) is 2.85. The highest BCUT2D eigenvalue weighted by molar-refractivity contribution is 5.98. The summed E-state index contributed by atoms with van der Waals surface area (Å²) in [6.45, 7) is 5.14. The van der Waals surface area contributed by atoms with Gasteiger partial charge in [-0.15, -0.1) is 0 Å². The van der Waals surface area contributed by atoms with Crippen LogP contribution < -0.4 is 15.8 Å². The maximum Gasteiger partial charge on any atom is 0.328 e. The molecule has 0 saturated carbocycles. The van der Waals surface area contributed by atoms with E-state index in [4.69, 9.17) is 20.7 Å². The Hall–Kier alpha value is -3.93. The van der Waals surface area contributed by atoms with Gasteiger partial charge in [-0.3, -0.25) is 14.9 Å². The fourth-order valence-electron chi connectivity index (χ4n) is 4.25. The zero-order chi connectivity index (χ0) is 27.4. The predicted octanol–water partition coefficient (Wildman–Crippen LogP) is 2.84. The molecule has 2 aliphatic rings. The maximum absolute atomic E-state index is 12.8. The molecule has 1 fully saturated rings. The second-order valence-electron chi connectivity index (χ2n) is 8.81. The number of nitrogens with two attached hydrogens (primary N) is 1. The molecule has 12 heteroatoms. The number of carbonyl (C=O) groups excluding carboxylic acids is 1. The highest BCUT2D eigenvalue weighted by atomic mass is 16.6. The third kappa shape index (κ3) is 9.92. The van der Waals surface area contributed by atoms with E-state index in [1.807, 2.05) is 0 Å². The number of likely N-dealkylation sites (tertiary alicyclic amines) is 1. The minimum absolute atomic E-state index is 0.0131. The van der Waals surface area contributed by atoms with Gasteiger partial charge in [-0.05, 0) is 44.9 Å². The molecular formula is C25H34N4O8. The van der Waals surface area contributed by atoms with E-state index in [9.17, 15) is 24.5 Å². The van der Waals surface area contributed by atoms with Crippen molar-refractivity contribution in [3.63, 3.8) is 0 Å². The molecule has 202 valence electrons. The van der Waals surface area contributed by atoms with Crippen molar-refractivity contribution in [2.24, 2.45) is 5.92 Å². The maximum atomic E-state index is 12.8. The lowest BCUT2D eigenvalue weighted by atomic mass is 9.93. The Morgan fingerprint density at radius 3 is 2.32 bits per heavy atom. The Labute approximate surface area is 214 Å². The number of ether oxygens (including phenoxy) is 1. The topological polar surface area (TPSA) is 185 Å². The van der Waals surface area contributed by atoms with Crippen molar-refractivity contribution in [2.75, 3.05) is 32.0 Å². The standard InChI is InChI=1S/C21H30N4O4.C4H4O4/c1-2-29-20-13-18(22)19(25(27)28)12-17(20)21(26)23-16-8-10-24(11-9-16)14-15-6-4-3-5-7-15;5-3(6)1-2-4(7)8/h3-4,12-13,15-16H,2,5-11,14,22H2,1H3,(H,23,26);1-2H,(H,5,6)(H,7,8)/b;2-1+. The summed E-state index contributed by atoms with van der Waals surface area (Å²) in [7, 11) is 0. The number of nitro benzene ring substituents is 1. The number of hydrogen-bond acceptors (Lipinski definition) is 8. The van der Waals surface area contributed by atoms with Crippen LogP contribution in [-0.4, -0.2) is 70.2 Å². The highest BCUT2D eigenvalue weighted by Crippen LogP contribution is 2.31. The van der Waals surface area contributed by atoms with Crippen LogP contribution in [-0.2, 0) is 9.59 Å². The molecule has 12 nitrogen and oxygen atoms in total. The number of nitrogens with zero attached hydrogens (tertiary/aromatic N) is 2. The smallest absolute Gasteiger partial charge is 0.328 e. The number of benzene rings is 1. The third-order valence-corrected chi connectivity index (χ3v) is 6.06. The zero-order valence-electron chi connectivity index (χ0n) is 20.8. The molecule has 1 aromatic rings. The Morgan fingerprint density at radius 1 is 1.16 bits per heavy atom. The van der Waals surface area contributed by atoms with E-state index in [1.54, 1.807) is 6.92 Å². The van der Waals surface area contributed by atoms with Gasteiger partial charge in [0.25, 0.3) is 11.6 Å². The second-order valence-corrected chi connectivity index (χ2v) is 8.81. The van der Waals surface area contributed by atoms with Crippen molar-refractivity contribution in [2.45, 2.75) is 45.1 Å². The van der Waals surface area contributed by atoms with Crippen molar-refractivity contribution < 1.29 is 34.3 Å². The van der Waals surface area contributed by atoms with Crippen molar-refractivity contribution in [1.29, 1.82) is 0 Å². The van der Waals surface area contributed by atoms with Gasteiger partial charge in [0.15, 0.2) is 0 Å². The molecule has 1 atom stereocenters. The lowest BCUT2D eigenvalue weighted by molar-refractivity contribution is -0.383. The number of amides is 1. The van der Waals surface area contributed by atoms with E-state index >= 15 is 0 Å². The van der Waals surface area contributed by atoms with Crippen LogP contribution in [0.3, 0.4) is 0 Å². The van der Waals surface area contributed by atoms with E-state index in [0.29, 0.717) is 18.8 Å². The molecule has 1 aliphatic carbocycles. The van der Waals surface area contributed by atoms with Crippen LogP contribution in [0.15, 0.2) is 36.4 Å². The van der Waals surface area contributed by atoms with Gasteiger partial charge in [0.1, 0.15) is 11.4 Å². The molecule has 37 heavy (non-hydrogen) atoms. The van der Waals surface area contributed by atoms with Crippen LogP contribution in [0.2, 0.25) is 0 Å². The number of rotatable bonds is 9. The van der Waals surface area contributed by atoms with E-state index in [1.165, 1.54) is 25.0 Å². The van der Waals surface area contributed by atoms with Crippen molar-refractivity contribution in [3.8, 4) is 5.75 Å². The highest BCUT2D eigenvalue weighted by Gasteiger charge is 2.26. The number of carbonyl (C=O) groups is 3. The number of hydrogen-bond donors (Lipinski definition) is 4. The third-order valence-electron chi connectivity index (χ3n) is 6.06. The first-order chi connectivity index (χ1) is 17.6. The molecule has 1 saturated heterocycles. The molecule has 1 amide bonds. The predicted molar refractivity (Wildman–Crippen MR) is 136 cm³/mol. The van der Waals surface area contributed by atoms with Crippen LogP contribution in [0.4, 0.5) is 11.4 Å². The summed E-state index contributed by atoms with van der Waals surface area (Å²) in [6, 6.07) is 2.62. The largest absolute Gasteiger partial charge is 0.493 e. The van der Waals surface area contributed by atoms with Crippen LogP contribution in [0.1, 0.15) is 49.4 Å². The lowest BCUT2D eigenvalue weighted by Crippen LogP contribution is -2.45. The zero-order valence-corrected chi connectivity index (χ0v) is 20.8. The number of carboxylic acid groups (broad SMARTS) is 2. The van der Waals surface area contributed by atoms with Gasteiger partial charge >= 0.3 is 11.9 Å². The van der Waals surface area contributed by atoms with Crippen LogP contribution in [0.5, 0.6) is 5.75 Å². The summed E-state index contributed by atoms with van der Waals surface area (Å²) >= 11 is 0. The average molecular weight is 519 g/mol. The van der Waals surface area contributed by atoms with E-state index in [2.05, 4.69) is 22.4 Å². The molecule has 1 unspecified atom stereocenters. The molecule has 0 bridgehead atoms. The Kier molecular flexibility index (Phi) is 11.6. The molecule has 1 aliphatic heterocycles. The number of allylic oxidation sites excluding steroid dienone is 2. The van der Waals surface area contributed by atoms with Crippen LogP contribution >= 0.6 is 0 Å². The SMILES string of the molecule is CCOc1cc(N)c([N+](=O)[O-])cc1C(=O)NC1CCN(CC2CC=CCC2)CC1.O=C(O)/C=C/C(=O)O. The number of nitrogens with one attached hydrogen (secondary N) is 1. The van der Waals surface area contributed by atoms with Gasteiger partial charge in [0.2, 0.25) is 0 Å². The summed E-state index contributed by atoms with van der Waals surface area (Å²) in [6.07, 6.45) is 11.0. The Bertz CT molecular complexity index is 1020. The normalized spacial score (nSPS) is 18.0. The molecule has 0 radical (unpaired) electrons. The number of carboxylic acids is 2. The number of aliphatic carboxylic acids is 2. The summed E-state index contributed by atoms with van der Waals surface area (Å²) < 4.78 is 5.49. The quantitative estimate of drug-likeness (QED) is 0.124. The van der Waals surface area contributed by atoms with E-state index < -0.39 is 16.9 Å². The number of nitrogen functional groups attached to an aromatic ring is 1. The monoisotopic (exact) mass is 518 g/mol. The summed E-state index contributed by atoms with van der Waals surface area (Å²) in [4.78, 5) is 45.0. The summed E-state index contributed by atoms with van der Waals surface area (Å²) in [5, 5.41) is 29.8. The van der Waals surface area contributed by atoms with Gasteiger partial charge in [0.05, 0.1) is 17.1 Å². The first-order valence-corrected chi connectivity index (χ1v) is 12.1. The molecular weight excluding hydrogens is 484 g/mol. The molecule has 1 aromatic carbocycles. The second kappa shape index (κ2) is 14.6. The van der Waals surface area contributed by atoms with E-state index in [0.717, 1.165) is 44.8 Å². The van der Waals surface area contributed by atoms with Crippen LogP contribution in [0, 0.1) is 16.0 Å². The van der Waals surface area contributed by atoms with Gasteiger partial charge in [-0.2, -0.15) is 0 Å². The first kappa shape index (κ1) is 29.3. The first-order valence-electron chi connectivity index (χ1n) is 12.1. The molecule has 0 aromatic heterocycles. The molecule has 0 spiro atoms. The summed E-state index contributed by atoms with van der Waals surface area (Å²) in [5.41, 5.74) is 5.60. The Balaban J connectivity index is 0.000000521. The van der Waals surface area contributed by atoms with Gasteiger partial charge < -0.3 is 30.9 Å². The van der Waals surface area contributed by atoms with Gasteiger partial charge in [-0.25, -0.2) is 9.59 Å². The molecule has 5 N–H and O–H groups in total. The van der Waals surface area contributed by atoms with E-state index in [-0.39, 0.29) is 34.6 Å². The lowest BCUT2D eigenvalue weighted by Gasteiger charge is -2.35. The van der Waals surface area contributed by atoms with Gasteiger partial charge in [-0.1, -0.05) is 12.2 Å². The fourth-order valence-corrected chi connectivity index (χ4v) is 4.25. The number of nitro groups is 1. The van der Waals surface area contributed by atoms with Crippen molar-refractivity contribution in [1.82, 2.24) is 10.2 Å².